The molecule has 0 bridgehead atoms. The molecule has 2 aliphatic heterocycles. The minimum Gasteiger partial charge on any atom is -0.379 e. The molecule has 6 nitrogen and oxygen atoms in total. The Morgan fingerprint density at radius 1 is 1.11 bits per heavy atom. The fraction of sp³-hybridized carbons (Fsp3) is 0.667. The third-order valence-corrected chi connectivity index (χ3v) is 5.74. The first kappa shape index (κ1) is 20.3. The van der Waals surface area contributed by atoms with E-state index in [2.05, 4.69) is 40.1 Å². The summed E-state index contributed by atoms with van der Waals surface area (Å²) in [6.07, 6.45) is 1.47. The molecule has 2 fully saturated rings. The number of benzene rings is 1. The molecule has 3 rings (SSSR count). The van der Waals surface area contributed by atoms with Crippen molar-refractivity contribution in [3.63, 3.8) is 0 Å². The molecule has 150 valence electrons. The van der Waals surface area contributed by atoms with Crippen LogP contribution >= 0.6 is 0 Å². The highest BCUT2D eigenvalue weighted by molar-refractivity contribution is 5.91. The van der Waals surface area contributed by atoms with E-state index in [0.29, 0.717) is 12.5 Å². The van der Waals surface area contributed by atoms with Gasteiger partial charge in [-0.25, -0.2) is 0 Å². The van der Waals surface area contributed by atoms with E-state index in [0.717, 1.165) is 71.1 Å². The summed E-state index contributed by atoms with van der Waals surface area (Å²) in [6, 6.07) is 8.61. The number of para-hydroxylation sites is 1. The molecule has 0 aromatic heterocycles. The molecule has 0 radical (unpaired) electrons. The third-order valence-electron chi connectivity index (χ3n) is 5.74. The molecule has 6 heteroatoms. The molecule has 1 aromatic carbocycles. The maximum Gasteiger partial charge on any atom is 0.224 e. The molecule has 1 N–H and O–H groups in total. The standard InChI is InChI=1S/C21H34N4O2/c1-18(25-11-9-23(2)10-12-25)7-8-21(26)22-20-6-4-3-5-19(20)17-24-13-15-27-16-14-24/h3-6,18H,7-17H2,1-2H3,(H,22,26). The second-order valence-corrected chi connectivity index (χ2v) is 7.82. The first-order valence-corrected chi connectivity index (χ1v) is 10.2. The van der Waals surface area contributed by atoms with Gasteiger partial charge in [-0.3, -0.25) is 14.6 Å². The number of ether oxygens (including phenoxy) is 1. The summed E-state index contributed by atoms with van der Waals surface area (Å²) >= 11 is 0. The second kappa shape index (κ2) is 10.2. The lowest BCUT2D eigenvalue weighted by Gasteiger charge is -2.36. The second-order valence-electron chi connectivity index (χ2n) is 7.82. The molecule has 2 aliphatic rings. The Balaban J connectivity index is 1.47. The number of hydrogen-bond acceptors (Lipinski definition) is 5. The Labute approximate surface area is 163 Å². The summed E-state index contributed by atoms with van der Waals surface area (Å²) in [5.74, 6) is 0.116. The molecular formula is C21H34N4O2. The summed E-state index contributed by atoms with van der Waals surface area (Å²) < 4.78 is 5.42. The number of likely N-dealkylation sites (N-methyl/N-ethyl adjacent to an activating group) is 1. The van der Waals surface area contributed by atoms with Crippen LogP contribution in [0.3, 0.4) is 0 Å². The Hall–Kier alpha value is -1.47. The first-order chi connectivity index (χ1) is 13.1. The molecule has 1 amide bonds. The maximum atomic E-state index is 12.5. The number of rotatable bonds is 7. The van der Waals surface area contributed by atoms with Gasteiger partial charge in [0.05, 0.1) is 13.2 Å². The Morgan fingerprint density at radius 2 is 1.81 bits per heavy atom. The van der Waals surface area contributed by atoms with Gasteiger partial charge < -0.3 is 15.0 Å². The topological polar surface area (TPSA) is 48.1 Å². The number of morpholine rings is 1. The molecule has 0 aliphatic carbocycles. The average molecular weight is 375 g/mol. The van der Waals surface area contributed by atoms with E-state index >= 15 is 0 Å². The number of nitrogens with zero attached hydrogens (tertiary/aromatic N) is 3. The molecule has 1 aromatic rings. The highest BCUT2D eigenvalue weighted by Crippen LogP contribution is 2.19. The van der Waals surface area contributed by atoms with Crippen molar-refractivity contribution in [1.82, 2.24) is 14.7 Å². The minimum atomic E-state index is 0.116. The van der Waals surface area contributed by atoms with Gasteiger partial charge in [-0.1, -0.05) is 18.2 Å². The SMILES string of the molecule is CC(CCC(=O)Nc1ccccc1CN1CCOCC1)N1CCN(C)CC1. The number of carbonyl (C=O) groups is 1. The van der Waals surface area contributed by atoms with Crippen LogP contribution in [0.2, 0.25) is 0 Å². The van der Waals surface area contributed by atoms with Crippen molar-refractivity contribution < 1.29 is 9.53 Å². The lowest BCUT2D eigenvalue weighted by atomic mass is 10.1. The van der Waals surface area contributed by atoms with E-state index in [9.17, 15) is 4.79 Å². The predicted molar refractivity (Wildman–Crippen MR) is 109 cm³/mol. The smallest absolute Gasteiger partial charge is 0.224 e. The molecule has 0 spiro atoms. The van der Waals surface area contributed by atoms with Gasteiger partial charge in [0, 0.05) is 64.0 Å². The third kappa shape index (κ3) is 6.28. The molecule has 2 saturated heterocycles. The number of amides is 1. The van der Waals surface area contributed by atoms with Crippen molar-refractivity contribution in [1.29, 1.82) is 0 Å². The van der Waals surface area contributed by atoms with Crippen molar-refractivity contribution in [2.24, 2.45) is 0 Å². The molecule has 0 saturated carbocycles. The van der Waals surface area contributed by atoms with E-state index in [1.165, 1.54) is 5.56 Å². The zero-order chi connectivity index (χ0) is 19.1. The number of piperazine rings is 1. The highest BCUT2D eigenvalue weighted by atomic mass is 16.5. The molecular weight excluding hydrogens is 340 g/mol. The van der Waals surface area contributed by atoms with Gasteiger partial charge in [0.2, 0.25) is 5.91 Å². The van der Waals surface area contributed by atoms with Crippen LogP contribution in [0.1, 0.15) is 25.3 Å². The largest absolute Gasteiger partial charge is 0.379 e. The van der Waals surface area contributed by atoms with Gasteiger partial charge in [0.25, 0.3) is 0 Å². The number of anilines is 1. The van der Waals surface area contributed by atoms with Crippen LogP contribution in [-0.4, -0.2) is 86.2 Å². The zero-order valence-electron chi connectivity index (χ0n) is 16.8. The fourth-order valence-electron chi connectivity index (χ4n) is 3.78. The van der Waals surface area contributed by atoms with Crippen molar-refractivity contribution in [3.05, 3.63) is 29.8 Å². The molecule has 1 atom stereocenters. The van der Waals surface area contributed by atoms with Crippen molar-refractivity contribution in [2.45, 2.75) is 32.4 Å². The lowest BCUT2D eigenvalue weighted by molar-refractivity contribution is -0.116. The Kier molecular flexibility index (Phi) is 7.64. The van der Waals surface area contributed by atoms with E-state index in [-0.39, 0.29) is 5.91 Å². The van der Waals surface area contributed by atoms with Gasteiger partial charge in [-0.05, 0) is 32.0 Å². The molecule has 1 unspecified atom stereocenters. The van der Waals surface area contributed by atoms with Crippen LogP contribution in [0, 0.1) is 0 Å². The predicted octanol–water partition coefficient (Wildman–Crippen LogP) is 1.87. The maximum absolute atomic E-state index is 12.5. The highest BCUT2D eigenvalue weighted by Gasteiger charge is 2.20. The average Bonchev–Trinajstić information content (AvgIpc) is 2.69. The summed E-state index contributed by atoms with van der Waals surface area (Å²) in [5.41, 5.74) is 2.13. The van der Waals surface area contributed by atoms with Gasteiger partial charge in [0.15, 0.2) is 0 Å². The number of nitrogens with one attached hydrogen (secondary N) is 1. The minimum absolute atomic E-state index is 0.116. The van der Waals surface area contributed by atoms with Gasteiger partial charge in [0.1, 0.15) is 0 Å². The summed E-state index contributed by atoms with van der Waals surface area (Å²) in [5, 5.41) is 3.14. The van der Waals surface area contributed by atoms with Gasteiger partial charge in [-0.2, -0.15) is 0 Å². The quantitative estimate of drug-likeness (QED) is 0.790. The van der Waals surface area contributed by atoms with E-state index < -0.39 is 0 Å². The Morgan fingerprint density at radius 3 is 2.56 bits per heavy atom. The van der Waals surface area contributed by atoms with Crippen molar-refractivity contribution in [2.75, 3.05) is 64.8 Å². The van der Waals surface area contributed by atoms with Crippen LogP contribution in [-0.2, 0) is 16.1 Å². The lowest BCUT2D eigenvalue weighted by Crippen LogP contribution is -2.48. The van der Waals surface area contributed by atoms with Crippen LogP contribution in [0.25, 0.3) is 0 Å². The number of carbonyl (C=O) groups excluding carboxylic acids is 1. The molecule has 27 heavy (non-hydrogen) atoms. The monoisotopic (exact) mass is 374 g/mol. The fourth-order valence-corrected chi connectivity index (χ4v) is 3.78. The van der Waals surface area contributed by atoms with Crippen LogP contribution in [0.5, 0.6) is 0 Å². The van der Waals surface area contributed by atoms with Crippen molar-refractivity contribution >= 4 is 11.6 Å². The van der Waals surface area contributed by atoms with E-state index in [1.54, 1.807) is 0 Å². The summed E-state index contributed by atoms with van der Waals surface area (Å²) in [4.78, 5) is 19.8. The van der Waals surface area contributed by atoms with Crippen LogP contribution < -0.4 is 5.32 Å². The van der Waals surface area contributed by atoms with Crippen LogP contribution in [0.15, 0.2) is 24.3 Å². The first-order valence-electron chi connectivity index (χ1n) is 10.2. The number of hydrogen-bond donors (Lipinski definition) is 1. The zero-order valence-corrected chi connectivity index (χ0v) is 16.8. The van der Waals surface area contributed by atoms with Gasteiger partial charge in [-0.15, -0.1) is 0 Å². The molecule has 2 heterocycles. The Bertz CT molecular complexity index is 596. The van der Waals surface area contributed by atoms with Crippen LogP contribution in [0.4, 0.5) is 5.69 Å². The van der Waals surface area contributed by atoms with E-state index in [4.69, 9.17) is 4.74 Å². The van der Waals surface area contributed by atoms with E-state index in [1.807, 2.05) is 18.2 Å². The van der Waals surface area contributed by atoms with Crippen molar-refractivity contribution in [3.8, 4) is 0 Å². The summed E-state index contributed by atoms with van der Waals surface area (Å²) in [6.45, 7) is 11.0. The summed E-state index contributed by atoms with van der Waals surface area (Å²) in [7, 11) is 2.17. The van der Waals surface area contributed by atoms with Gasteiger partial charge >= 0.3 is 0 Å². The normalized spacial score (nSPS) is 21.1.